The van der Waals surface area contributed by atoms with E-state index in [4.69, 9.17) is 11.8 Å². The molecule has 1 rings (SSSR count). The summed E-state index contributed by atoms with van der Waals surface area (Å²) in [6.07, 6.45) is 0. The SMILES string of the molecule is CC(C)c1ccccc1C(=O)N(NCl)C(C)(C)C. The van der Waals surface area contributed by atoms with Gasteiger partial charge in [-0.1, -0.05) is 32.0 Å². The van der Waals surface area contributed by atoms with Crippen LogP contribution in [0.2, 0.25) is 0 Å². The number of carbonyl (C=O) groups excluding carboxylic acids is 1. The third-order valence-corrected chi connectivity index (χ3v) is 2.94. The van der Waals surface area contributed by atoms with E-state index in [1.165, 1.54) is 5.01 Å². The molecule has 1 amide bonds. The Labute approximate surface area is 114 Å². The van der Waals surface area contributed by atoms with Gasteiger partial charge in [0.1, 0.15) is 0 Å². The molecule has 100 valence electrons. The van der Waals surface area contributed by atoms with E-state index < -0.39 is 0 Å². The van der Waals surface area contributed by atoms with Crippen LogP contribution in [-0.4, -0.2) is 16.5 Å². The summed E-state index contributed by atoms with van der Waals surface area (Å²) in [4.78, 5) is 15.0. The van der Waals surface area contributed by atoms with Crippen molar-refractivity contribution < 1.29 is 4.79 Å². The highest BCUT2D eigenvalue weighted by Gasteiger charge is 2.28. The summed E-state index contributed by atoms with van der Waals surface area (Å²) in [6.45, 7) is 9.93. The lowest BCUT2D eigenvalue weighted by molar-refractivity contribution is 0.0514. The maximum atomic E-state index is 12.5. The normalized spacial score (nSPS) is 11.7. The van der Waals surface area contributed by atoms with Crippen molar-refractivity contribution in [1.29, 1.82) is 0 Å². The highest BCUT2D eigenvalue weighted by Crippen LogP contribution is 2.23. The highest BCUT2D eigenvalue weighted by atomic mass is 35.5. The number of nitrogens with one attached hydrogen (secondary N) is 1. The zero-order valence-electron chi connectivity index (χ0n) is 11.6. The Balaban J connectivity index is 3.18. The van der Waals surface area contributed by atoms with Crippen molar-refractivity contribution in [2.75, 3.05) is 0 Å². The van der Waals surface area contributed by atoms with Crippen LogP contribution in [0, 0.1) is 0 Å². The molecule has 0 fully saturated rings. The lowest BCUT2D eigenvalue weighted by Crippen LogP contribution is -2.50. The number of hydrogen-bond acceptors (Lipinski definition) is 2. The van der Waals surface area contributed by atoms with Gasteiger partial charge in [0, 0.05) is 5.56 Å². The van der Waals surface area contributed by atoms with Gasteiger partial charge in [-0.2, -0.15) is 0 Å². The second-order valence-electron chi connectivity index (χ2n) is 5.64. The minimum atomic E-state index is -0.386. The van der Waals surface area contributed by atoms with Crippen molar-refractivity contribution in [2.45, 2.75) is 46.1 Å². The molecule has 0 aliphatic rings. The zero-order chi connectivity index (χ0) is 13.9. The molecule has 3 nitrogen and oxygen atoms in total. The van der Waals surface area contributed by atoms with Gasteiger partial charge in [0.15, 0.2) is 0 Å². The van der Waals surface area contributed by atoms with Gasteiger partial charge in [0.2, 0.25) is 0 Å². The maximum Gasteiger partial charge on any atom is 0.269 e. The van der Waals surface area contributed by atoms with E-state index >= 15 is 0 Å². The van der Waals surface area contributed by atoms with E-state index in [0.717, 1.165) is 5.56 Å². The molecule has 4 heteroatoms. The van der Waals surface area contributed by atoms with E-state index in [2.05, 4.69) is 18.8 Å². The van der Waals surface area contributed by atoms with Crippen molar-refractivity contribution in [2.24, 2.45) is 0 Å². The molecule has 1 aromatic carbocycles. The van der Waals surface area contributed by atoms with Crippen LogP contribution in [0.1, 0.15) is 56.5 Å². The first-order valence-corrected chi connectivity index (χ1v) is 6.46. The fourth-order valence-electron chi connectivity index (χ4n) is 1.79. The van der Waals surface area contributed by atoms with Crippen LogP contribution in [0.5, 0.6) is 0 Å². The molecule has 1 N–H and O–H groups in total. The van der Waals surface area contributed by atoms with Crippen LogP contribution in [-0.2, 0) is 0 Å². The van der Waals surface area contributed by atoms with E-state index in [1.54, 1.807) is 0 Å². The van der Waals surface area contributed by atoms with E-state index in [9.17, 15) is 4.79 Å². The van der Waals surface area contributed by atoms with Gasteiger partial charge >= 0.3 is 0 Å². The van der Waals surface area contributed by atoms with Crippen LogP contribution < -0.4 is 4.94 Å². The molecule has 0 atom stereocenters. The van der Waals surface area contributed by atoms with Crippen molar-refractivity contribution in [3.8, 4) is 0 Å². The van der Waals surface area contributed by atoms with Gasteiger partial charge in [0.25, 0.3) is 5.91 Å². The standard InChI is InChI=1S/C14H21ClN2O/c1-10(2)11-8-6-7-9-12(11)13(18)17(16-15)14(3,4)5/h6-10,16H,1-5H3. The molecule has 0 aliphatic carbocycles. The number of amides is 1. The molecule has 0 saturated heterocycles. The van der Waals surface area contributed by atoms with Crippen molar-refractivity contribution in [3.63, 3.8) is 0 Å². The molecule has 0 aliphatic heterocycles. The van der Waals surface area contributed by atoms with Crippen molar-refractivity contribution in [3.05, 3.63) is 35.4 Å². The third kappa shape index (κ3) is 3.24. The van der Waals surface area contributed by atoms with Crippen molar-refractivity contribution >= 4 is 17.7 Å². The quantitative estimate of drug-likeness (QED) is 0.670. The summed E-state index contributed by atoms with van der Waals surface area (Å²) in [5, 5.41) is 1.44. The average Bonchev–Trinajstić information content (AvgIpc) is 2.27. The first-order valence-electron chi connectivity index (χ1n) is 6.08. The largest absolute Gasteiger partial charge is 0.269 e. The highest BCUT2D eigenvalue weighted by molar-refractivity contribution is 6.14. The second-order valence-corrected chi connectivity index (χ2v) is 5.81. The lowest BCUT2D eigenvalue weighted by Gasteiger charge is -2.34. The Kier molecular flexibility index (Phi) is 4.77. The predicted molar refractivity (Wildman–Crippen MR) is 75.4 cm³/mol. The summed E-state index contributed by atoms with van der Waals surface area (Å²) in [5.41, 5.74) is 1.34. The molecule has 0 unspecified atom stereocenters. The van der Waals surface area contributed by atoms with Gasteiger partial charge in [-0.3, -0.25) is 9.80 Å². The fraction of sp³-hybridized carbons (Fsp3) is 0.500. The topological polar surface area (TPSA) is 32.3 Å². The van der Waals surface area contributed by atoms with Crippen LogP contribution in [0.3, 0.4) is 0 Å². The maximum absolute atomic E-state index is 12.5. The Morgan fingerprint density at radius 2 is 1.83 bits per heavy atom. The summed E-state index contributed by atoms with van der Waals surface area (Å²) in [7, 11) is 0. The van der Waals surface area contributed by atoms with Crippen LogP contribution in [0.15, 0.2) is 24.3 Å². The van der Waals surface area contributed by atoms with Gasteiger partial charge in [0.05, 0.1) is 5.54 Å². The number of benzene rings is 1. The molecule has 1 aromatic rings. The van der Waals surface area contributed by atoms with E-state index in [1.807, 2.05) is 45.0 Å². The molecule has 0 aromatic heterocycles. The summed E-state index contributed by atoms with van der Waals surface area (Å²) >= 11 is 5.68. The summed E-state index contributed by atoms with van der Waals surface area (Å²) in [5.74, 6) is 0.184. The average molecular weight is 269 g/mol. The zero-order valence-corrected chi connectivity index (χ0v) is 12.4. The second kappa shape index (κ2) is 5.72. The Bertz CT molecular complexity index is 424. The Morgan fingerprint density at radius 1 is 1.28 bits per heavy atom. The molecule has 0 bridgehead atoms. The molecular formula is C14H21ClN2O. The minimum absolute atomic E-state index is 0.109. The molecule has 0 spiro atoms. The number of halogens is 1. The van der Waals surface area contributed by atoms with E-state index in [0.29, 0.717) is 11.5 Å². The number of hydrogen-bond donors (Lipinski definition) is 1. The summed E-state index contributed by atoms with van der Waals surface area (Å²) in [6, 6.07) is 7.63. The monoisotopic (exact) mass is 268 g/mol. The third-order valence-electron chi connectivity index (χ3n) is 2.77. The first-order chi connectivity index (χ1) is 8.29. The number of hydrazine groups is 1. The fourth-order valence-corrected chi connectivity index (χ4v) is 2.12. The minimum Gasteiger partial charge on any atom is -0.268 e. The van der Waals surface area contributed by atoms with E-state index in [-0.39, 0.29) is 11.4 Å². The van der Waals surface area contributed by atoms with Gasteiger partial charge in [-0.15, -0.1) is 4.94 Å². The Hall–Kier alpha value is -1.06. The molecule has 18 heavy (non-hydrogen) atoms. The molecule has 0 radical (unpaired) electrons. The van der Waals surface area contributed by atoms with Gasteiger partial charge in [-0.25, -0.2) is 0 Å². The van der Waals surface area contributed by atoms with Gasteiger partial charge in [-0.05, 0) is 50.1 Å². The van der Waals surface area contributed by atoms with Crippen LogP contribution >= 0.6 is 11.8 Å². The lowest BCUT2D eigenvalue weighted by atomic mass is 9.95. The molecule has 0 saturated carbocycles. The predicted octanol–water partition coefficient (Wildman–Crippen LogP) is 3.71. The molecule has 0 heterocycles. The Morgan fingerprint density at radius 3 is 2.28 bits per heavy atom. The first kappa shape index (κ1) is 15.0. The van der Waals surface area contributed by atoms with Gasteiger partial charge < -0.3 is 0 Å². The number of rotatable bonds is 3. The number of nitrogens with zero attached hydrogens (tertiary/aromatic N) is 1. The number of carbonyl (C=O) groups is 1. The summed E-state index contributed by atoms with van der Waals surface area (Å²) < 4.78 is 0. The van der Waals surface area contributed by atoms with Crippen LogP contribution in [0.4, 0.5) is 0 Å². The molecular weight excluding hydrogens is 248 g/mol. The smallest absolute Gasteiger partial charge is 0.268 e. The van der Waals surface area contributed by atoms with Crippen LogP contribution in [0.25, 0.3) is 0 Å². The van der Waals surface area contributed by atoms with Crippen molar-refractivity contribution in [1.82, 2.24) is 9.95 Å².